The van der Waals surface area contributed by atoms with E-state index in [1.54, 1.807) is 10.9 Å². The van der Waals surface area contributed by atoms with E-state index in [-0.39, 0.29) is 5.91 Å². The lowest BCUT2D eigenvalue weighted by molar-refractivity contribution is 0.0756. The van der Waals surface area contributed by atoms with Crippen molar-refractivity contribution in [2.45, 2.75) is 45.6 Å². The van der Waals surface area contributed by atoms with E-state index < -0.39 is 0 Å². The summed E-state index contributed by atoms with van der Waals surface area (Å²) in [5.41, 5.74) is 6.81. The molecule has 2 rings (SSSR count). The van der Waals surface area contributed by atoms with Crippen molar-refractivity contribution in [2.24, 2.45) is 0 Å². The summed E-state index contributed by atoms with van der Waals surface area (Å²) in [5.74, 6) is -0.00995. The fraction of sp³-hybridized carbons (Fsp3) is 0.692. The quantitative estimate of drug-likeness (QED) is 0.891. The molecule has 100 valence electrons. The zero-order chi connectivity index (χ0) is 13.0. The highest BCUT2D eigenvalue weighted by Crippen LogP contribution is 2.16. The highest BCUT2D eigenvalue weighted by atomic mass is 16.2. The molecule has 1 saturated heterocycles. The highest BCUT2D eigenvalue weighted by Gasteiger charge is 2.22. The van der Waals surface area contributed by atoms with Crippen molar-refractivity contribution in [3.8, 4) is 0 Å². The van der Waals surface area contributed by atoms with Gasteiger partial charge in [0, 0.05) is 25.8 Å². The van der Waals surface area contributed by atoms with Crippen LogP contribution in [0.2, 0.25) is 0 Å². The van der Waals surface area contributed by atoms with E-state index in [9.17, 15) is 4.79 Å². The van der Waals surface area contributed by atoms with Crippen molar-refractivity contribution in [3.63, 3.8) is 0 Å². The molecule has 2 N–H and O–H groups in total. The summed E-state index contributed by atoms with van der Waals surface area (Å²) < 4.78 is 1.76. The molecular weight excluding hydrogens is 228 g/mol. The van der Waals surface area contributed by atoms with Crippen LogP contribution in [0.4, 0.5) is 5.69 Å². The molecule has 0 atom stereocenters. The first-order valence-corrected chi connectivity index (χ1v) is 6.84. The van der Waals surface area contributed by atoms with Crippen molar-refractivity contribution in [1.82, 2.24) is 14.7 Å². The van der Waals surface area contributed by atoms with Gasteiger partial charge in [-0.2, -0.15) is 5.10 Å². The Morgan fingerprint density at radius 1 is 1.33 bits per heavy atom. The summed E-state index contributed by atoms with van der Waals surface area (Å²) >= 11 is 0. The maximum Gasteiger partial charge on any atom is 0.276 e. The third-order valence-corrected chi connectivity index (χ3v) is 3.34. The minimum Gasteiger partial charge on any atom is -0.396 e. The number of aryl methyl sites for hydroxylation is 1. The third kappa shape index (κ3) is 2.83. The monoisotopic (exact) mass is 250 g/mol. The van der Waals surface area contributed by atoms with Crippen LogP contribution in [0, 0.1) is 0 Å². The number of carbonyl (C=O) groups excluding carboxylic acids is 1. The molecule has 1 aromatic rings. The van der Waals surface area contributed by atoms with Gasteiger partial charge in [0.15, 0.2) is 5.69 Å². The zero-order valence-electron chi connectivity index (χ0n) is 11.1. The van der Waals surface area contributed by atoms with Gasteiger partial charge in [0.25, 0.3) is 5.91 Å². The number of nitrogens with zero attached hydrogens (tertiary/aromatic N) is 3. The average molecular weight is 250 g/mol. The molecule has 18 heavy (non-hydrogen) atoms. The Kier molecular flexibility index (Phi) is 4.23. The van der Waals surface area contributed by atoms with Crippen molar-refractivity contribution in [3.05, 3.63) is 11.9 Å². The number of amides is 1. The van der Waals surface area contributed by atoms with Crippen LogP contribution in [0.1, 0.15) is 49.5 Å². The van der Waals surface area contributed by atoms with E-state index in [2.05, 4.69) is 12.0 Å². The van der Waals surface area contributed by atoms with Gasteiger partial charge in [-0.3, -0.25) is 9.48 Å². The van der Waals surface area contributed by atoms with Crippen molar-refractivity contribution >= 4 is 11.6 Å². The van der Waals surface area contributed by atoms with Gasteiger partial charge in [-0.15, -0.1) is 0 Å². The number of nitrogens with two attached hydrogens (primary N) is 1. The summed E-state index contributed by atoms with van der Waals surface area (Å²) in [5, 5.41) is 4.31. The summed E-state index contributed by atoms with van der Waals surface area (Å²) in [4.78, 5) is 14.3. The van der Waals surface area contributed by atoms with Crippen molar-refractivity contribution in [2.75, 3.05) is 18.8 Å². The molecule has 1 aliphatic heterocycles. The van der Waals surface area contributed by atoms with E-state index >= 15 is 0 Å². The molecule has 1 aliphatic rings. The SMILES string of the molecule is CCCn1cc(N)c(C(=O)N2CCCCCC2)n1. The van der Waals surface area contributed by atoms with Gasteiger partial charge in [0.05, 0.1) is 5.69 Å². The largest absolute Gasteiger partial charge is 0.396 e. The predicted octanol–water partition coefficient (Wildman–Crippen LogP) is 1.89. The molecule has 0 spiro atoms. The van der Waals surface area contributed by atoms with Crippen LogP contribution < -0.4 is 5.73 Å². The normalized spacial score (nSPS) is 16.6. The van der Waals surface area contributed by atoms with Crippen LogP contribution in [-0.2, 0) is 6.54 Å². The van der Waals surface area contributed by atoms with E-state index in [4.69, 9.17) is 5.73 Å². The van der Waals surface area contributed by atoms with E-state index in [1.165, 1.54) is 12.8 Å². The first-order valence-electron chi connectivity index (χ1n) is 6.84. The Hall–Kier alpha value is -1.52. The second-order valence-electron chi connectivity index (χ2n) is 4.90. The number of rotatable bonds is 3. The van der Waals surface area contributed by atoms with Gasteiger partial charge in [-0.25, -0.2) is 0 Å². The standard InChI is InChI=1S/C13H22N4O/c1-2-7-17-10-11(14)12(15-17)13(18)16-8-5-3-4-6-9-16/h10H,2-9,14H2,1H3. The van der Waals surface area contributed by atoms with Gasteiger partial charge in [0.2, 0.25) is 0 Å². The van der Waals surface area contributed by atoms with Crippen LogP contribution in [-0.4, -0.2) is 33.7 Å². The maximum atomic E-state index is 12.4. The molecule has 5 heteroatoms. The number of aromatic nitrogens is 2. The molecule has 0 radical (unpaired) electrons. The summed E-state index contributed by atoms with van der Waals surface area (Å²) in [7, 11) is 0. The Morgan fingerprint density at radius 3 is 2.61 bits per heavy atom. The summed E-state index contributed by atoms with van der Waals surface area (Å²) in [6.07, 6.45) is 7.34. The third-order valence-electron chi connectivity index (χ3n) is 3.34. The first-order chi connectivity index (χ1) is 8.72. The molecule has 0 saturated carbocycles. The fourth-order valence-corrected chi connectivity index (χ4v) is 2.37. The Morgan fingerprint density at radius 2 is 2.00 bits per heavy atom. The molecule has 1 fully saturated rings. The first kappa shape index (κ1) is 12.9. The summed E-state index contributed by atoms with van der Waals surface area (Å²) in [6, 6.07) is 0. The molecule has 0 aliphatic carbocycles. The molecule has 1 amide bonds. The van der Waals surface area contributed by atoms with Crippen molar-refractivity contribution < 1.29 is 4.79 Å². The number of likely N-dealkylation sites (tertiary alicyclic amines) is 1. The van der Waals surface area contributed by atoms with Gasteiger partial charge < -0.3 is 10.6 Å². The van der Waals surface area contributed by atoms with Gasteiger partial charge in [-0.1, -0.05) is 19.8 Å². The lowest BCUT2D eigenvalue weighted by Crippen LogP contribution is -2.32. The molecule has 2 heterocycles. The minimum atomic E-state index is -0.00995. The van der Waals surface area contributed by atoms with Crippen LogP contribution in [0.3, 0.4) is 0 Å². The van der Waals surface area contributed by atoms with E-state index in [0.29, 0.717) is 11.4 Å². The zero-order valence-corrected chi connectivity index (χ0v) is 11.1. The van der Waals surface area contributed by atoms with Crippen LogP contribution in [0.5, 0.6) is 0 Å². The fourth-order valence-electron chi connectivity index (χ4n) is 2.37. The Labute approximate surface area is 108 Å². The second kappa shape index (κ2) is 5.89. The number of carbonyl (C=O) groups is 1. The highest BCUT2D eigenvalue weighted by molar-refractivity contribution is 5.97. The van der Waals surface area contributed by atoms with Crippen LogP contribution in [0.25, 0.3) is 0 Å². The molecule has 1 aromatic heterocycles. The lowest BCUT2D eigenvalue weighted by Gasteiger charge is -2.19. The number of anilines is 1. The number of hydrogen-bond donors (Lipinski definition) is 1. The number of hydrogen-bond acceptors (Lipinski definition) is 3. The molecule has 0 unspecified atom stereocenters. The number of nitrogen functional groups attached to an aromatic ring is 1. The molecular formula is C13H22N4O. The van der Waals surface area contributed by atoms with Gasteiger partial charge in [-0.05, 0) is 19.3 Å². The second-order valence-corrected chi connectivity index (χ2v) is 4.90. The van der Waals surface area contributed by atoms with Gasteiger partial charge in [0.1, 0.15) is 0 Å². The predicted molar refractivity (Wildman–Crippen MR) is 71.3 cm³/mol. The van der Waals surface area contributed by atoms with Crippen molar-refractivity contribution in [1.29, 1.82) is 0 Å². The van der Waals surface area contributed by atoms with Crippen LogP contribution in [0.15, 0.2) is 6.20 Å². The average Bonchev–Trinajstić information content (AvgIpc) is 2.57. The smallest absolute Gasteiger partial charge is 0.276 e. The van der Waals surface area contributed by atoms with E-state index in [0.717, 1.165) is 38.9 Å². The Bertz CT molecular complexity index is 405. The maximum absolute atomic E-state index is 12.4. The summed E-state index contributed by atoms with van der Waals surface area (Å²) in [6.45, 7) is 4.55. The Balaban J connectivity index is 2.11. The van der Waals surface area contributed by atoms with Gasteiger partial charge >= 0.3 is 0 Å². The van der Waals surface area contributed by atoms with E-state index in [1.807, 2.05) is 4.90 Å². The minimum absolute atomic E-state index is 0.00995. The molecule has 0 bridgehead atoms. The van der Waals surface area contributed by atoms with Crippen LogP contribution >= 0.6 is 0 Å². The molecule has 0 aromatic carbocycles. The molecule has 5 nitrogen and oxygen atoms in total. The topological polar surface area (TPSA) is 64.2 Å². The lowest BCUT2D eigenvalue weighted by atomic mass is 10.2.